The first-order chi connectivity index (χ1) is 7.11. The molecule has 0 bridgehead atoms. The third-order valence-corrected chi connectivity index (χ3v) is 2.94. The van der Waals surface area contributed by atoms with Crippen molar-refractivity contribution in [3.63, 3.8) is 0 Å². The van der Waals surface area contributed by atoms with Gasteiger partial charge in [-0.3, -0.25) is 4.55 Å². The van der Waals surface area contributed by atoms with Crippen molar-refractivity contribution in [3.8, 4) is 5.75 Å². The van der Waals surface area contributed by atoms with Gasteiger partial charge in [-0.2, -0.15) is 8.42 Å². The molecule has 16 heavy (non-hydrogen) atoms. The number of hydrogen-bond donors (Lipinski definition) is 2. The van der Waals surface area contributed by atoms with Gasteiger partial charge in [-0.25, -0.2) is 0 Å². The Labute approximate surface area is 95.7 Å². The van der Waals surface area contributed by atoms with Gasteiger partial charge < -0.3 is 5.11 Å². The van der Waals surface area contributed by atoms with Gasteiger partial charge in [0.05, 0.1) is 0 Å². The Morgan fingerprint density at radius 3 is 2.25 bits per heavy atom. The van der Waals surface area contributed by atoms with E-state index in [0.717, 1.165) is 0 Å². The molecule has 0 aliphatic rings. The van der Waals surface area contributed by atoms with Crippen LogP contribution in [-0.4, -0.2) is 18.1 Å². The number of benzene rings is 1. The number of hydrogen-bond acceptors (Lipinski definition) is 3. The highest BCUT2D eigenvalue weighted by atomic mass is 32.2. The maximum absolute atomic E-state index is 10.8. The first-order valence-electron chi connectivity index (χ1n) is 4.88. The molecule has 0 saturated carbocycles. The molecule has 0 amide bonds. The highest BCUT2D eigenvalue weighted by molar-refractivity contribution is 7.85. The minimum absolute atomic E-state index is 0.0624. The van der Waals surface area contributed by atoms with Gasteiger partial charge in [0.15, 0.2) is 0 Å². The van der Waals surface area contributed by atoms with Crippen molar-refractivity contribution in [1.29, 1.82) is 0 Å². The zero-order valence-corrected chi connectivity index (χ0v) is 10.4. The Hall–Kier alpha value is -1.07. The number of phenolic OH excluding ortho intramolecular Hbond substituents is 1. The van der Waals surface area contributed by atoms with E-state index in [1.807, 2.05) is 20.8 Å². The fourth-order valence-corrected chi connectivity index (χ4v) is 2.14. The summed E-state index contributed by atoms with van der Waals surface area (Å²) >= 11 is 0. The summed E-state index contributed by atoms with van der Waals surface area (Å²) in [5, 5.41) is 9.91. The van der Waals surface area contributed by atoms with E-state index in [0.29, 0.717) is 5.56 Å². The molecule has 1 rings (SSSR count). The van der Waals surface area contributed by atoms with Crippen molar-refractivity contribution in [2.24, 2.45) is 0 Å². The maximum atomic E-state index is 10.8. The van der Waals surface area contributed by atoms with Crippen LogP contribution >= 0.6 is 0 Å². The minimum atomic E-state index is -4.12. The predicted octanol–water partition coefficient (Wildman–Crippen LogP) is 2.08. The lowest BCUT2D eigenvalue weighted by atomic mass is 9.85. The minimum Gasteiger partial charge on any atom is -0.507 e. The Bertz CT molecular complexity index is 483. The number of aromatic hydroxyl groups is 1. The lowest BCUT2D eigenvalue weighted by Crippen LogP contribution is -2.12. The summed E-state index contributed by atoms with van der Waals surface area (Å²) in [4.78, 5) is 0. The molecule has 0 radical (unpaired) electrons. The van der Waals surface area contributed by atoms with Crippen molar-refractivity contribution in [2.45, 2.75) is 31.9 Å². The summed E-state index contributed by atoms with van der Waals surface area (Å²) < 4.78 is 30.3. The first-order valence-corrected chi connectivity index (χ1v) is 6.48. The molecule has 0 atom stereocenters. The monoisotopic (exact) mass is 244 g/mol. The van der Waals surface area contributed by atoms with E-state index in [1.54, 1.807) is 12.1 Å². The molecule has 5 heteroatoms. The van der Waals surface area contributed by atoms with Crippen molar-refractivity contribution in [3.05, 3.63) is 29.3 Å². The first kappa shape index (κ1) is 13.0. The van der Waals surface area contributed by atoms with Gasteiger partial charge in [-0.1, -0.05) is 39.0 Å². The molecular weight excluding hydrogens is 228 g/mol. The van der Waals surface area contributed by atoms with Crippen LogP contribution in [0, 0.1) is 0 Å². The van der Waals surface area contributed by atoms with Crippen LogP contribution in [0.25, 0.3) is 0 Å². The van der Waals surface area contributed by atoms with Crippen molar-refractivity contribution < 1.29 is 18.1 Å². The summed E-state index contributed by atoms with van der Waals surface area (Å²) in [6.07, 6.45) is 0. The van der Waals surface area contributed by atoms with Crippen molar-refractivity contribution >= 4 is 10.1 Å². The van der Waals surface area contributed by atoms with Crippen LogP contribution in [0.2, 0.25) is 0 Å². The molecule has 0 saturated heterocycles. The van der Waals surface area contributed by atoms with E-state index < -0.39 is 15.9 Å². The molecule has 0 aliphatic carbocycles. The quantitative estimate of drug-likeness (QED) is 0.781. The van der Waals surface area contributed by atoms with Gasteiger partial charge in [-0.05, 0) is 11.0 Å². The molecule has 2 N–H and O–H groups in total. The normalized spacial score (nSPS) is 12.8. The summed E-state index contributed by atoms with van der Waals surface area (Å²) in [6, 6.07) is 4.89. The topological polar surface area (TPSA) is 74.6 Å². The molecule has 1 aromatic carbocycles. The summed E-state index contributed by atoms with van der Waals surface area (Å²) in [5.74, 6) is -0.629. The zero-order valence-electron chi connectivity index (χ0n) is 9.56. The maximum Gasteiger partial charge on any atom is 0.269 e. The van der Waals surface area contributed by atoms with Gasteiger partial charge in [0.2, 0.25) is 0 Å². The largest absolute Gasteiger partial charge is 0.507 e. The molecule has 90 valence electrons. The average Bonchev–Trinajstić information content (AvgIpc) is 2.04. The van der Waals surface area contributed by atoms with Gasteiger partial charge >= 0.3 is 0 Å². The summed E-state index contributed by atoms with van der Waals surface area (Å²) in [7, 11) is -4.12. The second-order valence-corrected chi connectivity index (χ2v) is 6.24. The molecular formula is C11H16O4S. The van der Waals surface area contributed by atoms with Crippen LogP contribution in [0.4, 0.5) is 0 Å². The van der Waals surface area contributed by atoms with Gasteiger partial charge in [0.25, 0.3) is 10.1 Å². The van der Waals surface area contributed by atoms with Crippen LogP contribution in [0.5, 0.6) is 5.75 Å². The van der Waals surface area contributed by atoms with Crippen LogP contribution in [0.15, 0.2) is 18.2 Å². The summed E-state index contributed by atoms with van der Waals surface area (Å²) in [6.45, 7) is 5.75. The lowest BCUT2D eigenvalue weighted by Gasteiger charge is -2.21. The average molecular weight is 244 g/mol. The molecule has 4 nitrogen and oxygen atoms in total. The van der Waals surface area contributed by atoms with Crippen LogP contribution < -0.4 is 0 Å². The summed E-state index contributed by atoms with van der Waals surface area (Å²) in [5.41, 5.74) is 0.600. The van der Waals surface area contributed by atoms with Gasteiger partial charge in [-0.15, -0.1) is 0 Å². The lowest BCUT2D eigenvalue weighted by molar-refractivity contribution is 0.438. The highest BCUT2D eigenvalue weighted by Gasteiger charge is 2.21. The number of phenols is 1. The van der Waals surface area contributed by atoms with Gasteiger partial charge in [0.1, 0.15) is 11.5 Å². The van der Waals surface area contributed by atoms with Crippen LogP contribution in [0.1, 0.15) is 31.9 Å². The van der Waals surface area contributed by atoms with Crippen LogP contribution in [-0.2, 0) is 21.3 Å². The Morgan fingerprint density at radius 2 is 1.81 bits per heavy atom. The van der Waals surface area contributed by atoms with E-state index in [-0.39, 0.29) is 16.7 Å². The third-order valence-electron chi connectivity index (χ3n) is 2.27. The predicted molar refractivity (Wildman–Crippen MR) is 62.1 cm³/mol. The molecule has 1 aromatic rings. The smallest absolute Gasteiger partial charge is 0.269 e. The fraction of sp³-hybridized carbons (Fsp3) is 0.455. The zero-order chi connectivity index (χ0) is 12.6. The van der Waals surface area contributed by atoms with E-state index in [4.69, 9.17) is 4.55 Å². The van der Waals surface area contributed by atoms with Crippen molar-refractivity contribution in [1.82, 2.24) is 0 Å². The van der Waals surface area contributed by atoms with Crippen molar-refractivity contribution in [2.75, 3.05) is 0 Å². The second kappa shape index (κ2) is 4.07. The van der Waals surface area contributed by atoms with Gasteiger partial charge in [0, 0.05) is 5.56 Å². The number of para-hydroxylation sites is 1. The molecule has 0 spiro atoms. The SMILES string of the molecule is CC(C)(C)c1cccc(CS(=O)(=O)O)c1O. The fourth-order valence-electron chi connectivity index (χ4n) is 1.51. The Kier molecular flexibility index (Phi) is 3.30. The second-order valence-electron chi connectivity index (χ2n) is 4.79. The molecule has 0 aromatic heterocycles. The van der Waals surface area contributed by atoms with Crippen LogP contribution in [0.3, 0.4) is 0 Å². The van der Waals surface area contributed by atoms with E-state index in [1.165, 1.54) is 6.07 Å². The standard InChI is InChI=1S/C11H16O4S/c1-11(2,3)9-6-4-5-8(10(9)12)7-16(13,14)15/h4-6,12H,7H2,1-3H3,(H,13,14,15). The Morgan fingerprint density at radius 1 is 1.25 bits per heavy atom. The highest BCUT2D eigenvalue weighted by Crippen LogP contribution is 2.33. The van der Waals surface area contributed by atoms with E-state index >= 15 is 0 Å². The molecule has 0 unspecified atom stereocenters. The van der Waals surface area contributed by atoms with E-state index in [9.17, 15) is 13.5 Å². The molecule has 0 heterocycles. The van der Waals surface area contributed by atoms with E-state index in [2.05, 4.69) is 0 Å². The molecule has 0 fully saturated rings. The third kappa shape index (κ3) is 3.21. The molecule has 0 aliphatic heterocycles. The number of rotatable bonds is 2. The Balaban J connectivity index is 3.25.